The van der Waals surface area contributed by atoms with Gasteiger partial charge in [0.1, 0.15) is 0 Å². The lowest BCUT2D eigenvalue weighted by atomic mass is 10.1. The molecule has 0 atom stereocenters. The molecule has 1 aliphatic rings. The van der Waals surface area contributed by atoms with E-state index in [4.69, 9.17) is 0 Å². The Bertz CT molecular complexity index is 366. The van der Waals surface area contributed by atoms with Crippen molar-refractivity contribution in [1.29, 1.82) is 0 Å². The van der Waals surface area contributed by atoms with E-state index in [-0.39, 0.29) is 5.91 Å². The Labute approximate surface area is 89.7 Å². The van der Waals surface area contributed by atoms with E-state index >= 15 is 0 Å². The predicted octanol–water partition coefficient (Wildman–Crippen LogP) is 1.26. The molecule has 15 heavy (non-hydrogen) atoms. The average molecular weight is 207 g/mol. The number of carbonyl (C=O) groups excluding carboxylic acids is 1. The fourth-order valence-corrected chi connectivity index (χ4v) is 1.68. The number of nitrogens with one attached hydrogen (secondary N) is 1. The van der Waals surface area contributed by atoms with Gasteiger partial charge in [0.2, 0.25) is 0 Å². The van der Waals surface area contributed by atoms with E-state index in [1.165, 1.54) is 0 Å². The first-order valence-electron chi connectivity index (χ1n) is 5.54. The summed E-state index contributed by atoms with van der Waals surface area (Å²) in [4.78, 5) is 11.8. The number of rotatable bonds is 4. The van der Waals surface area contributed by atoms with Crippen molar-refractivity contribution < 1.29 is 4.79 Å². The predicted molar refractivity (Wildman–Crippen MR) is 57.7 cm³/mol. The van der Waals surface area contributed by atoms with Crippen LogP contribution in [0.1, 0.15) is 42.2 Å². The van der Waals surface area contributed by atoms with Crippen molar-refractivity contribution >= 4 is 5.91 Å². The van der Waals surface area contributed by atoms with Crippen molar-refractivity contribution in [2.24, 2.45) is 7.05 Å². The smallest absolute Gasteiger partial charge is 0.254 e. The van der Waals surface area contributed by atoms with Gasteiger partial charge in [0.25, 0.3) is 5.91 Å². The molecule has 1 N–H and O–H groups in total. The van der Waals surface area contributed by atoms with Crippen LogP contribution in [0.2, 0.25) is 0 Å². The lowest BCUT2D eigenvalue weighted by Gasteiger charge is -2.05. The van der Waals surface area contributed by atoms with Gasteiger partial charge in [-0.1, -0.05) is 13.3 Å². The summed E-state index contributed by atoms with van der Waals surface area (Å²) in [6.45, 7) is 2.11. The van der Waals surface area contributed by atoms with Crippen molar-refractivity contribution in [3.8, 4) is 0 Å². The second-order valence-corrected chi connectivity index (χ2v) is 4.13. The third-order valence-corrected chi connectivity index (χ3v) is 2.71. The summed E-state index contributed by atoms with van der Waals surface area (Å²) in [5, 5.41) is 7.13. The Hall–Kier alpha value is -1.32. The minimum Gasteiger partial charge on any atom is -0.349 e. The fraction of sp³-hybridized carbons (Fsp3) is 0.636. The molecule has 1 aromatic rings. The molecule has 0 bridgehead atoms. The van der Waals surface area contributed by atoms with Crippen LogP contribution < -0.4 is 5.32 Å². The zero-order valence-corrected chi connectivity index (χ0v) is 9.29. The molecule has 1 aliphatic carbocycles. The van der Waals surface area contributed by atoms with E-state index in [2.05, 4.69) is 17.3 Å². The van der Waals surface area contributed by atoms with E-state index in [1.54, 1.807) is 10.9 Å². The van der Waals surface area contributed by atoms with Crippen LogP contribution in [0.3, 0.4) is 0 Å². The zero-order chi connectivity index (χ0) is 10.8. The standard InChI is InChI=1S/C11H17N3O/c1-3-4-10-9(7-12-14(10)2)11(15)13-8-5-6-8/h7-8H,3-6H2,1-2H3,(H,13,15). The molecule has 1 fully saturated rings. The highest BCUT2D eigenvalue weighted by Crippen LogP contribution is 2.20. The highest BCUT2D eigenvalue weighted by Gasteiger charge is 2.25. The van der Waals surface area contributed by atoms with Crippen LogP contribution >= 0.6 is 0 Å². The monoisotopic (exact) mass is 207 g/mol. The first kappa shape index (κ1) is 10.2. The Kier molecular flexibility index (Phi) is 2.75. The van der Waals surface area contributed by atoms with Gasteiger partial charge in [0, 0.05) is 13.1 Å². The van der Waals surface area contributed by atoms with Crippen LogP contribution in [0.15, 0.2) is 6.20 Å². The molecule has 0 aromatic carbocycles. The van der Waals surface area contributed by atoms with Crippen LogP contribution in [0.4, 0.5) is 0 Å². The van der Waals surface area contributed by atoms with Crippen LogP contribution in [0, 0.1) is 0 Å². The normalized spacial score (nSPS) is 15.3. The number of amides is 1. The molecule has 0 radical (unpaired) electrons. The summed E-state index contributed by atoms with van der Waals surface area (Å²) >= 11 is 0. The van der Waals surface area contributed by atoms with Gasteiger partial charge in [-0.25, -0.2) is 0 Å². The van der Waals surface area contributed by atoms with Crippen molar-refractivity contribution in [2.75, 3.05) is 0 Å². The molecule has 1 heterocycles. The Morgan fingerprint density at radius 3 is 3.00 bits per heavy atom. The van der Waals surface area contributed by atoms with Gasteiger partial charge in [-0.3, -0.25) is 9.48 Å². The second kappa shape index (κ2) is 4.04. The largest absolute Gasteiger partial charge is 0.349 e. The average Bonchev–Trinajstić information content (AvgIpc) is 2.93. The van der Waals surface area contributed by atoms with Gasteiger partial charge >= 0.3 is 0 Å². The number of nitrogens with zero attached hydrogens (tertiary/aromatic N) is 2. The molecule has 0 spiro atoms. The maximum Gasteiger partial charge on any atom is 0.254 e. The van der Waals surface area contributed by atoms with Crippen molar-refractivity contribution in [1.82, 2.24) is 15.1 Å². The molecule has 1 aromatic heterocycles. The quantitative estimate of drug-likeness (QED) is 0.808. The van der Waals surface area contributed by atoms with Gasteiger partial charge in [-0.15, -0.1) is 0 Å². The van der Waals surface area contributed by atoms with E-state index in [0.717, 1.165) is 36.9 Å². The SMILES string of the molecule is CCCc1c(C(=O)NC2CC2)cnn1C. The van der Waals surface area contributed by atoms with Gasteiger partial charge in [0.05, 0.1) is 17.5 Å². The van der Waals surface area contributed by atoms with Gasteiger partial charge in [0.15, 0.2) is 0 Å². The van der Waals surface area contributed by atoms with Crippen LogP contribution in [0.25, 0.3) is 0 Å². The lowest BCUT2D eigenvalue weighted by Crippen LogP contribution is -2.26. The number of hydrogen-bond acceptors (Lipinski definition) is 2. The van der Waals surface area contributed by atoms with E-state index in [0.29, 0.717) is 6.04 Å². The summed E-state index contributed by atoms with van der Waals surface area (Å²) in [5.74, 6) is 0.0362. The third kappa shape index (κ3) is 2.19. The summed E-state index contributed by atoms with van der Waals surface area (Å²) in [6.07, 6.45) is 5.85. The summed E-state index contributed by atoms with van der Waals surface area (Å²) in [5.41, 5.74) is 1.78. The third-order valence-electron chi connectivity index (χ3n) is 2.71. The summed E-state index contributed by atoms with van der Waals surface area (Å²) in [6, 6.07) is 0.409. The van der Waals surface area contributed by atoms with E-state index in [1.807, 2.05) is 7.05 Å². The molecule has 1 amide bonds. The number of aromatic nitrogens is 2. The summed E-state index contributed by atoms with van der Waals surface area (Å²) in [7, 11) is 1.89. The van der Waals surface area contributed by atoms with Crippen molar-refractivity contribution in [3.63, 3.8) is 0 Å². The Morgan fingerprint density at radius 2 is 2.40 bits per heavy atom. The minimum absolute atomic E-state index is 0.0362. The molecular weight excluding hydrogens is 190 g/mol. The molecule has 0 unspecified atom stereocenters. The fourth-order valence-electron chi connectivity index (χ4n) is 1.68. The van der Waals surface area contributed by atoms with Crippen molar-refractivity contribution in [2.45, 2.75) is 38.6 Å². The number of aryl methyl sites for hydroxylation is 1. The minimum atomic E-state index is 0.0362. The van der Waals surface area contributed by atoms with Crippen molar-refractivity contribution in [3.05, 3.63) is 17.5 Å². The van der Waals surface area contributed by atoms with Crippen LogP contribution in [0.5, 0.6) is 0 Å². The number of hydrogen-bond donors (Lipinski definition) is 1. The highest BCUT2D eigenvalue weighted by molar-refractivity contribution is 5.95. The zero-order valence-electron chi connectivity index (χ0n) is 9.29. The Balaban J connectivity index is 2.14. The summed E-state index contributed by atoms with van der Waals surface area (Å²) < 4.78 is 1.80. The molecule has 1 saturated carbocycles. The molecule has 0 saturated heterocycles. The molecule has 2 rings (SSSR count). The van der Waals surface area contributed by atoms with Crippen LogP contribution in [-0.4, -0.2) is 21.7 Å². The molecule has 4 heteroatoms. The molecule has 0 aliphatic heterocycles. The topological polar surface area (TPSA) is 46.9 Å². The maximum absolute atomic E-state index is 11.8. The van der Waals surface area contributed by atoms with Gasteiger partial charge in [-0.05, 0) is 19.3 Å². The van der Waals surface area contributed by atoms with Gasteiger partial charge < -0.3 is 5.32 Å². The van der Waals surface area contributed by atoms with E-state index in [9.17, 15) is 4.79 Å². The highest BCUT2D eigenvalue weighted by atomic mass is 16.1. The van der Waals surface area contributed by atoms with Crippen LogP contribution in [-0.2, 0) is 13.5 Å². The molecule has 4 nitrogen and oxygen atoms in total. The first-order valence-corrected chi connectivity index (χ1v) is 5.54. The Morgan fingerprint density at radius 1 is 1.67 bits per heavy atom. The molecular formula is C11H17N3O. The molecule has 82 valence electrons. The first-order chi connectivity index (χ1) is 7.22. The maximum atomic E-state index is 11.8. The lowest BCUT2D eigenvalue weighted by molar-refractivity contribution is 0.0950. The number of carbonyl (C=O) groups is 1. The second-order valence-electron chi connectivity index (χ2n) is 4.13. The van der Waals surface area contributed by atoms with Gasteiger partial charge in [-0.2, -0.15) is 5.10 Å². The van der Waals surface area contributed by atoms with E-state index < -0.39 is 0 Å².